The van der Waals surface area contributed by atoms with Gasteiger partial charge in [0.15, 0.2) is 0 Å². The Bertz CT molecular complexity index is 1130. The molecule has 0 bridgehead atoms. The number of nitrogens with one attached hydrogen (secondary N) is 2. The van der Waals surface area contributed by atoms with Crippen molar-refractivity contribution in [1.82, 2.24) is 19.9 Å². The molecule has 0 atom stereocenters. The maximum atomic E-state index is 12.3. The number of nitrogens with zero attached hydrogens (tertiary/aromatic N) is 3. The average molecular weight is 435 g/mol. The van der Waals surface area contributed by atoms with E-state index in [0.717, 1.165) is 54.0 Å². The Kier molecular flexibility index (Phi) is 9.63. The molecule has 0 aliphatic carbocycles. The lowest BCUT2D eigenvalue weighted by atomic mass is 10.2. The fourth-order valence-corrected chi connectivity index (χ4v) is 3.26. The minimum absolute atomic E-state index is 0.297. The zero-order chi connectivity index (χ0) is 23.5. The van der Waals surface area contributed by atoms with Crippen molar-refractivity contribution in [3.05, 3.63) is 82.7 Å². The van der Waals surface area contributed by atoms with Gasteiger partial charge in [0.2, 0.25) is 0 Å². The van der Waals surface area contributed by atoms with E-state index in [-0.39, 0.29) is 5.69 Å². The second-order valence-corrected chi connectivity index (χ2v) is 7.24. The number of hydrogen-bond donors (Lipinski definition) is 3. The number of rotatable bonds is 9. The summed E-state index contributed by atoms with van der Waals surface area (Å²) in [6.45, 7) is 13.1. The molecule has 0 fully saturated rings. The number of aromatic amines is 1. The van der Waals surface area contributed by atoms with Crippen LogP contribution in [0.3, 0.4) is 0 Å². The summed E-state index contributed by atoms with van der Waals surface area (Å²) in [5.74, 6) is 0.552. The van der Waals surface area contributed by atoms with E-state index in [2.05, 4.69) is 26.9 Å². The molecule has 0 spiro atoms. The van der Waals surface area contributed by atoms with Crippen LogP contribution in [0.15, 0.2) is 70.7 Å². The van der Waals surface area contributed by atoms with Crippen molar-refractivity contribution >= 4 is 16.9 Å². The van der Waals surface area contributed by atoms with Crippen LogP contribution in [0.25, 0.3) is 16.7 Å². The van der Waals surface area contributed by atoms with Gasteiger partial charge >= 0.3 is 5.69 Å². The summed E-state index contributed by atoms with van der Waals surface area (Å²) in [6.07, 6.45) is 7.22. The highest BCUT2D eigenvalue weighted by Gasteiger charge is 2.06. The van der Waals surface area contributed by atoms with Crippen LogP contribution in [-0.4, -0.2) is 26.9 Å². The first kappa shape index (κ1) is 24.8. The molecule has 0 aliphatic rings. The number of aryl methyl sites for hydroxylation is 1. The highest BCUT2D eigenvalue weighted by atomic mass is 16.1. The van der Waals surface area contributed by atoms with Crippen molar-refractivity contribution in [2.75, 3.05) is 6.54 Å². The molecule has 0 radical (unpaired) electrons. The Morgan fingerprint density at radius 1 is 1.31 bits per heavy atom. The van der Waals surface area contributed by atoms with E-state index in [4.69, 9.17) is 5.73 Å². The summed E-state index contributed by atoms with van der Waals surface area (Å²) < 4.78 is 1.57. The molecule has 0 unspecified atom stereocenters. The summed E-state index contributed by atoms with van der Waals surface area (Å²) >= 11 is 0. The van der Waals surface area contributed by atoms with E-state index in [0.29, 0.717) is 11.5 Å². The van der Waals surface area contributed by atoms with Gasteiger partial charge in [-0.25, -0.2) is 9.79 Å². The molecule has 7 heteroatoms. The molecule has 3 rings (SSSR count). The molecule has 0 aliphatic heterocycles. The molecule has 0 saturated carbocycles. The zero-order valence-corrected chi connectivity index (χ0v) is 19.5. The van der Waals surface area contributed by atoms with Crippen molar-refractivity contribution in [1.29, 1.82) is 0 Å². The predicted molar refractivity (Wildman–Crippen MR) is 134 cm³/mol. The van der Waals surface area contributed by atoms with E-state index in [1.165, 1.54) is 0 Å². The average Bonchev–Trinajstić information content (AvgIpc) is 3.13. The zero-order valence-electron chi connectivity index (χ0n) is 19.5. The molecule has 0 amide bonds. The Morgan fingerprint density at radius 3 is 2.69 bits per heavy atom. The minimum atomic E-state index is -0.297. The van der Waals surface area contributed by atoms with Gasteiger partial charge in [-0.15, -0.1) is 0 Å². The monoisotopic (exact) mass is 434 g/mol. The molecule has 2 heterocycles. The van der Waals surface area contributed by atoms with E-state index in [1.807, 2.05) is 63.4 Å². The fraction of sp³-hybridized carbons (Fsp3) is 0.320. The second-order valence-electron chi connectivity index (χ2n) is 7.24. The predicted octanol–water partition coefficient (Wildman–Crippen LogP) is 4.37. The van der Waals surface area contributed by atoms with E-state index >= 15 is 0 Å². The number of aliphatic imine (C=N–C) groups is 1. The maximum absolute atomic E-state index is 12.3. The summed E-state index contributed by atoms with van der Waals surface area (Å²) in [7, 11) is 0. The van der Waals surface area contributed by atoms with E-state index in [1.54, 1.807) is 17.6 Å². The molecule has 7 nitrogen and oxygen atoms in total. The van der Waals surface area contributed by atoms with Crippen molar-refractivity contribution in [3.63, 3.8) is 0 Å². The van der Waals surface area contributed by atoms with Crippen LogP contribution < -0.4 is 16.7 Å². The summed E-state index contributed by atoms with van der Waals surface area (Å²) in [6, 6.07) is 9.90. The van der Waals surface area contributed by atoms with Gasteiger partial charge in [-0.3, -0.25) is 4.57 Å². The maximum Gasteiger partial charge on any atom is 0.354 e. The Balaban J connectivity index is 0.00000176. The number of benzene rings is 1. The van der Waals surface area contributed by atoms with Crippen LogP contribution in [-0.2, 0) is 6.54 Å². The lowest BCUT2D eigenvalue weighted by Crippen LogP contribution is -2.20. The number of H-pyrrole nitrogens is 1. The standard InChI is InChI=1S/C23H28N6O.C2H6/c1-4-6-20(27-17(3)24)7-5-12-25-14-18-8-10-21(11-9-18)29-15-19-13-16(2)26-22(19)28-23(29)30;1-2/h4,6,8-11,13,15,25H,1,5,7,12,14H2,2-3H3,(H2,24,27)(H,26,28,30);1-2H3/b20-6-;. The molecule has 1 aromatic carbocycles. The van der Waals surface area contributed by atoms with Gasteiger partial charge in [-0.2, -0.15) is 4.98 Å². The summed E-state index contributed by atoms with van der Waals surface area (Å²) in [5, 5.41) is 4.35. The minimum Gasteiger partial charge on any atom is -0.387 e. The quantitative estimate of drug-likeness (QED) is 0.201. The van der Waals surface area contributed by atoms with Crippen LogP contribution in [0.5, 0.6) is 0 Å². The van der Waals surface area contributed by atoms with Crippen molar-refractivity contribution < 1.29 is 0 Å². The third-order valence-corrected chi connectivity index (χ3v) is 4.60. The number of allylic oxidation sites excluding steroid dienone is 3. The number of hydrogen-bond acceptors (Lipinski definition) is 4. The van der Waals surface area contributed by atoms with Crippen molar-refractivity contribution in [2.45, 2.75) is 47.1 Å². The molecule has 3 aromatic rings. The number of aromatic nitrogens is 3. The Labute approximate surface area is 189 Å². The topological polar surface area (TPSA) is 101 Å². The van der Waals surface area contributed by atoms with Crippen LogP contribution in [0.4, 0.5) is 0 Å². The highest BCUT2D eigenvalue weighted by molar-refractivity contribution is 5.78. The number of amidine groups is 1. The molecule has 32 heavy (non-hydrogen) atoms. The lowest BCUT2D eigenvalue weighted by molar-refractivity contribution is 0.646. The van der Waals surface area contributed by atoms with Crippen LogP contribution in [0, 0.1) is 6.92 Å². The second kappa shape index (κ2) is 12.4. The number of fused-ring (bicyclic) bond motifs is 1. The Hall–Kier alpha value is -3.45. The summed E-state index contributed by atoms with van der Waals surface area (Å²) in [5.41, 5.74) is 9.84. The fourth-order valence-electron chi connectivity index (χ4n) is 3.26. The van der Waals surface area contributed by atoms with Gasteiger partial charge in [0, 0.05) is 29.5 Å². The van der Waals surface area contributed by atoms with Gasteiger partial charge in [0.05, 0.1) is 11.5 Å². The molecule has 2 aromatic heterocycles. The largest absolute Gasteiger partial charge is 0.387 e. The van der Waals surface area contributed by atoms with Gasteiger partial charge in [-0.05, 0) is 63.1 Å². The van der Waals surface area contributed by atoms with Crippen LogP contribution >= 0.6 is 0 Å². The van der Waals surface area contributed by atoms with Crippen molar-refractivity contribution in [3.8, 4) is 5.69 Å². The van der Waals surface area contributed by atoms with Gasteiger partial charge < -0.3 is 16.0 Å². The summed E-state index contributed by atoms with van der Waals surface area (Å²) in [4.78, 5) is 23.9. The lowest BCUT2D eigenvalue weighted by Gasteiger charge is -2.08. The highest BCUT2D eigenvalue weighted by Crippen LogP contribution is 2.14. The number of nitrogens with two attached hydrogens (primary N) is 1. The molecular weight excluding hydrogens is 400 g/mol. The van der Waals surface area contributed by atoms with Gasteiger partial charge in [-0.1, -0.05) is 38.6 Å². The van der Waals surface area contributed by atoms with E-state index in [9.17, 15) is 4.79 Å². The molecule has 170 valence electrons. The first-order valence-electron chi connectivity index (χ1n) is 11.0. The molecule has 4 N–H and O–H groups in total. The van der Waals surface area contributed by atoms with Crippen molar-refractivity contribution in [2.24, 2.45) is 10.7 Å². The smallest absolute Gasteiger partial charge is 0.354 e. The van der Waals surface area contributed by atoms with E-state index < -0.39 is 0 Å². The third kappa shape index (κ3) is 7.06. The first-order valence-corrected chi connectivity index (χ1v) is 11.0. The van der Waals surface area contributed by atoms with Crippen LogP contribution in [0.2, 0.25) is 0 Å². The van der Waals surface area contributed by atoms with Gasteiger partial charge in [0.25, 0.3) is 0 Å². The Morgan fingerprint density at radius 2 is 2.03 bits per heavy atom. The SMILES string of the molecule is C=C/C=C(/CCCNCc1ccc(-n2cc3cc(C)[nH]c3nc2=O)cc1)N=C(C)N.CC. The third-order valence-electron chi connectivity index (χ3n) is 4.60. The molecule has 0 saturated heterocycles. The van der Waals surface area contributed by atoms with Crippen LogP contribution in [0.1, 0.15) is 44.9 Å². The van der Waals surface area contributed by atoms with Gasteiger partial charge in [0.1, 0.15) is 5.65 Å². The first-order chi connectivity index (χ1) is 15.5. The molecular formula is C25H34N6O. The normalized spacial score (nSPS) is 11.9.